The maximum absolute atomic E-state index is 12.6. The number of benzene rings is 1. The van der Waals surface area contributed by atoms with Crippen LogP contribution in [-0.2, 0) is 0 Å². The first kappa shape index (κ1) is 10.5. The summed E-state index contributed by atoms with van der Waals surface area (Å²) in [4.78, 5) is 14.5. The van der Waals surface area contributed by atoms with Crippen molar-refractivity contribution in [1.82, 2.24) is 4.98 Å². The summed E-state index contributed by atoms with van der Waals surface area (Å²) < 4.78 is 25.2. The number of hydrogen-bond donors (Lipinski definition) is 1. The van der Waals surface area contributed by atoms with Crippen molar-refractivity contribution in [1.29, 1.82) is 0 Å². The summed E-state index contributed by atoms with van der Waals surface area (Å²) in [5.41, 5.74) is -0.775. The number of aromatic carboxylic acids is 1. The van der Waals surface area contributed by atoms with Gasteiger partial charge in [-0.05, 0) is 12.1 Å². The van der Waals surface area contributed by atoms with Crippen molar-refractivity contribution >= 4 is 16.9 Å². The average Bonchev–Trinajstić information content (AvgIpc) is 2.27. The largest absolute Gasteiger partial charge is 0.478 e. The second kappa shape index (κ2) is 3.84. The van der Waals surface area contributed by atoms with Gasteiger partial charge in [-0.25, -0.2) is 18.6 Å². The third kappa shape index (κ3) is 1.71. The maximum atomic E-state index is 12.6. The minimum absolute atomic E-state index is 0.364. The summed E-state index contributed by atoms with van der Waals surface area (Å²) >= 11 is 0. The monoisotopic (exact) mass is 223 g/mol. The van der Waals surface area contributed by atoms with E-state index >= 15 is 0 Å². The molecule has 1 heterocycles. The molecule has 16 heavy (non-hydrogen) atoms. The van der Waals surface area contributed by atoms with Crippen molar-refractivity contribution in [3.05, 3.63) is 41.6 Å². The van der Waals surface area contributed by atoms with Gasteiger partial charge in [0.15, 0.2) is 0 Å². The van der Waals surface area contributed by atoms with Gasteiger partial charge in [0, 0.05) is 5.39 Å². The first-order valence-corrected chi connectivity index (χ1v) is 4.50. The van der Waals surface area contributed by atoms with Crippen LogP contribution in [0.5, 0.6) is 0 Å². The highest BCUT2D eigenvalue weighted by Crippen LogP contribution is 2.24. The van der Waals surface area contributed by atoms with Gasteiger partial charge >= 0.3 is 5.97 Å². The molecule has 0 unspecified atom stereocenters. The Morgan fingerprint density at radius 3 is 2.62 bits per heavy atom. The van der Waals surface area contributed by atoms with Crippen molar-refractivity contribution in [2.24, 2.45) is 0 Å². The molecule has 3 nitrogen and oxygen atoms in total. The number of carbonyl (C=O) groups is 1. The van der Waals surface area contributed by atoms with E-state index < -0.39 is 23.7 Å². The van der Waals surface area contributed by atoms with E-state index in [-0.39, 0.29) is 0 Å². The van der Waals surface area contributed by atoms with Crippen LogP contribution in [0.4, 0.5) is 8.78 Å². The number of alkyl halides is 2. The molecule has 5 heteroatoms. The Kier molecular flexibility index (Phi) is 2.52. The molecule has 0 saturated carbocycles. The topological polar surface area (TPSA) is 50.2 Å². The zero-order valence-corrected chi connectivity index (χ0v) is 8.02. The summed E-state index contributed by atoms with van der Waals surface area (Å²) in [6, 6.07) is 7.76. The number of para-hydroxylation sites is 1. The summed E-state index contributed by atoms with van der Waals surface area (Å²) in [5.74, 6) is -1.39. The second-order valence-corrected chi connectivity index (χ2v) is 3.22. The van der Waals surface area contributed by atoms with E-state index in [1.54, 1.807) is 24.3 Å². The van der Waals surface area contributed by atoms with Gasteiger partial charge in [-0.15, -0.1) is 0 Å². The van der Waals surface area contributed by atoms with Crippen molar-refractivity contribution in [2.45, 2.75) is 6.43 Å². The Morgan fingerprint density at radius 2 is 2.00 bits per heavy atom. The molecule has 0 atom stereocenters. The number of halogens is 2. The highest BCUT2D eigenvalue weighted by Gasteiger charge is 2.20. The summed E-state index contributed by atoms with van der Waals surface area (Å²) in [6.45, 7) is 0. The first-order chi connectivity index (χ1) is 7.59. The zero-order valence-electron chi connectivity index (χ0n) is 8.02. The molecule has 1 aromatic heterocycles. The third-order valence-corrected chi connectivity index (χ3v) is 2.19. The quantitative estimate of drug-likeness (QED) is 0.851. The van der Waals surface area contributed by atoms with Crippen LogP contribution in [-0.4, -0.2) is 16.1 Å². The normalized spacial score (nSPS) is 10.9. The van der Waals surface area contributed by atoms with Gasteiger partial charge in [0.05, 0.1) is 11.1 Å². The molecule has 0 fully saturated rings. The highest BCUT2D eigenvalue weighted by molar-refractivity contribution is 5.94. The molecule has 0 aliphatic heterocycles. The molecule has 2 rings (SSSR count). The van der Waals surface area contributed by atoms with Crippen molar-refractivity contribution < 1.29 is 18.7 Å². The van der Waals surface area contributed by atoms with Crippen LogP contribution in [0.25, 0.3) is 10.9 Å². The van der Waals surface area contributed by atoms with E-state index in [2.05, 4.69) is 4.98 Å². The number of pyridine rings is 1. The van der Waals surface area contributed by atoms with E-state index in [4.69, 9.17) is 5.11 Å². The Balaban J connectivity index is 2.76. The number of hydrogen-bond acceptors (Lipinski definition) is 2. The molecule has 2 aromatic rings. The van der Waals surface area contributed by atoms with Gasteiger partial charge in [-0.1, -0.05) is 18.2 Å². The fourth-order valence-electron chi connectivity index (χ4n) is 1.47. The van der Waals surface area contributed by atoms with Crippen molar-refractivity contribution in [2.75, 3.05) is 0 Å². The molecule has 0 bridgehead atoms. The number of rotatable bonds is 2. The lowest BCUT2D eigenvalue weighted by Crippen LogP contribution is -2.05. The zero-order chi connectivity index (χ0) is 11.7. The van der Waals surface area contributed by atoms with Gasteiger partial charge in [0.1, 0.15) is 5.69 Å². The molecular weight excluding hydrogens is 216 g/mol. The number of aromatic nitrogens is 1. The predicted octanol–water partition coefficient (Wildman–Crippen LogP) is 2.87. The van der Waals surface area contributed by atoms with Gasteiger partial charge in [-0.3, -0.25) is 0 Å². The summed E-state index contributed by atoms with van der Waals surface area (Å²) in [6.07, 6.45) is -2.89. The Morgan fingerprint density at radius 1 is 1.31 bits per heavy atom. The van der Waals surface area contributed by atoms with Gasteiger partial charge in [-0.2, -0.15) is 0 Å². The van der Waals surface area contributed by atoms with Crippen LogP contribution >= 0.6 is 0 Å². The van der Waals surface area contributed by atoms with Crippen LogP contribution in [0.1, 0.15) is 22.5 Å². The SMILES string of the molecule is O=C(O)c1cc2ccccc2nc1C(F)F. The van der Waals surface area contributed by atoms with Gasteiger partial charge < -0.3 is 5.11 Å². The number of fused-ring (bicyclic) bond motifs is 1. The van der Waals surface area contributed by atoms with E-state index in [1.165, 1.54) is 6.07 Å². The third-order valence-electron chi connectivity index (χ3n) is 2.19. The number of carboxylic acids is 1. The minimum Gasteiger partial charge on any atom is -0.478 e. The predicted molar refractivity (Wildman–Crippen MR) is 53.7 cm³/mol. The van der Waals surface area contributed by atoms with Crippen LogP contribution in [0.3, 0.4) is 0 Å². The van der Waals surface area contributed by atoms with Crippen molar-refractivity contribution in [3.8, 4) is 0 Å². The number of carboxylic acid groups (broad SMARTS) is 1. The standard InChI is InChI=1S/C11H7F2NO2/c12-10(13)9-7(11(15)16)5-6-3-1-2-4-8(6)14-9/h1-5,10H,(H,15,16). The minimum atomic E-state index is -2.89. The summed E-state index contributed by atoms with van der Waals surface area (Å²) in [7, 11) is 0. The lowest BCUT2D eigenvalue weighted by atomic mass is 10.1. The molecule has 0 spiro atoms. The highest BCUT2D eigenvalue weighted by atomic mass is 19.3. The molecule has 0 aliphatic carbocycles. The molecule has 1 N–H and O–H groups in total. The number of nitrogens with zero attached hydrogens (tertiary/aromatic N) is 1. The summed E-state index contributed by atoms with van der Waals surface area (Å²) in [5, 5.41) is 9.33. The average molecular weight is 223 g/mol. The smallest absolute Gasteiger partial charge is 0.337 e. The molecular formula is C11H7F2NO2. The first-order valence-electron chi connectivity index (χ1n) is 4.50. The van der Waals surface area contributed by atoms with Crippen LogP contribution in [0.2, 0.25) is 0 Å². The lowest BCUT2D eigenvalue weighted by Gasteiger charge is -2.06. The Hall–Kier alpha value is -2.04. The Bertz CT molecular complexity index is 555. The Labute approximate surface area is 89.3 Å². The molecule has 0 amide bonds. The van der Waals surface area contributed by atoms with Gasteiger partial charge in [0.25, 0.3) is 6.43 Å². The molecule has 0 aliphatic rings. The van der Waals surface area contributed by atoms with Crippen LogP contribution in [0.15, 0.2) is 30.3 Å². The van der Waals surface area contributed by atoms with Crippen LogP contribution in [0, 0.1) is 0 Å². The second-order valence-electron chi connectivity index (χ2n) is 3.22. The van der Waals surface area contributed by atoms with E-state index in [0.29, 0.717) is 10.9 Å². The maximum Gasteiger partial charge on any atom is 0.337 e. The van der Waals surface area contributed by atoms with E-state index in [0.717, 1.165) is 0 Å². The lowest BCUT2D eigenvalue weighted by molar-refractivity contribution is 0.0682. The van der Waals surface area contributed by atoms with E-state index in [1.807, 2.05) is 0 Å². The van der Waals surface area contributed by atoms with E-state index in [9.17, 15) is 13.6 Å². The molecule has 0 radical (unpaired) electrons. The molecule has 1 aromatic carbocycles. The molecule has 0 saturated heterocycles. The van der Waals surface area contributed by atoms with Crippen molar-refractivity contribution in [3.63, 3.8) is 0 Å². The fourth-order valence-corrected chi connectivity index (χ4v) is 1.47. The van der Waals surface area contributed by atoms with Crippen LogP contribution < -0.4 is 0 Å². The fraction of sp³-hybridized carbons (Fsp3) is 0.0909. The molecule has 82 valence electrons. The van der Waals surface area contributed by atoms with Gasteiger partial charge in [0.2, 0.25) is 0 Å².